The number of para-hydroxylation sites is 1. The number of nitrogens with zero attached hydrogens (tertiary/aromatic N) is 2. The van der Waals surface area contributed by atoms with E-state index in [2.05, 4.69) is 15.3 Å². The van der Waals surface area contributed by atoms with Crippen molar-refractivity contribution in [3.8, 4) is 0 Å². The van der Waals surface area contributed by atoms with Crippen LogP contribution in [0.5, 0.6) is 0 Å². The second-order valence-corrected chi connectivity index (χ2v) is 2.59. The molecule has 64 valence electrons. The molecule has 0 atom stereocenters. The van der Waals surface area contributed by atoms with E-state index >= 15 is 0 Å². The number of nitrogens with one attached hydrogen (secondary N) is 1. The molecule has 0 amide bonds. The van der Waals surface area contributed by atoms with Crippen molar-refractivity contribution < 1.29 is 0 Å². The Labute approximate surface area is 76.5 Å². The third kappa shape index (κ3) is 2.02. The van der Waals surface area contributed by atoms with E-state index in [4.69, 9.17) is 0 Å². The van der Waals surface area contributed by atoms with Gasteiger partial charge in [-0.3, -0.25) is 0 Å². The zero-order valence-electron chi connectivity index (χ0n) is 7.01. The Morgan fingerprint density at radius 1 is 1.00 bits per heavy atom. The van der Waals surface area contributed by atoms with E-state index < -0.39 is 0 Å². The van der Waals surface area contributed by atoms with Gasteiger partial charge in [0.15, 0.2) is 0 Å². The smallest absolute Gasteiger partial charge is 0.133 e. The van der Waals surface area contributed by atoms with Crippen LogP contribution in [0.3, 0.4) is 0 Å². The van der Waals surface area contributed by atoms with Crippen LogP contribution in [0.2, 0.25) is 0 Å². The molecule has 0 fully saturated rings. The molecule has 1 aromatic carbocycles. The Kier molecular flexibility index (Phi) is 2.18. The van der Waals surface area contributed by atoms with Gasteiger partial charge in [0.25, 0.3) is 0 Å². The molecule has 0 aliphatic carbocycles. The third-order valence-corrected chi connectivity index (χ3v) is 1.63. The van der Waals surface area contributed by atoms with E-state index in [1.54, 1.807) is 6.20 Å². The van der Waals surface area contributed by atoms with Gasteiger partial charge < -0.3 is 5.32 Å². The maximum atomic E-state index is 4.05. The van der Waals surface area contributed by atoms with Gasteiger partial charge in [0.1, 0.15) is 12.1 Å². The topological polar surface area (TPSA) is 37.8 Å². The van der Waals surface area contributed by atoms with Crippen molar-refractivity contribution in [2.75, 3.05) is 5.32 Å². The molecule has 0 bridgehead atoms. The van der Waals surface area contributed by atoms with E-state index in [0.717, 1.165) is 11.5 Å². The molecule has 1 N–H and O–H groups in total. The average Bonchev–Trinajstić information content (AvgIpc) is 2.21. The van der Waals surface area contributed by atoms with Crippen LogP contribution >= 0.6 is 0 Å². The van der Waals surface area contributed by atoms with E-state index in [0.29, 0.717) is 0 Å². The van der Waals surface area contributed by atoms with E-state index in [1.165, 1.54) is 6.33 Å². The molecule has 0 radical (unpaired) electrons. The van der Waals surface area contributed by atoms with Gasteiger partial charge in [-0.2, -0.15) is 0 Å². The molecule has 13 heavy (non-hydrogen) atoms. The van der Waals surface area contributed by atoms with Crippen LogP contribution in [0.4, 0.5) is 11.5 Å². The summed E-state index contributed by atoms with van der Waals surface area (Å²) in [7, 11) is 0. The number of aromatic nitrogens is 2. The Hall–Kier alpha value is -1.90. The summed E-state index contributed by atoms with van der Waals surface area (Å²) >= 11 is 0. The lowest BCUT2D eigenvalue weighted by Gasteiger charge is -2.02. The minimum Gasteiger partial charge on any atom is -0.340 e. The first-order valence-corrected chi connectivity index (χ1v) is 4.03. The van der Waals surface area contributed by atoms with Gasteiger partial charge in [-0.05, 0) is 18.2 Å². The highest BCUT2D eigenvalue weighted by Crippen LogP contribution is 2.11. The van der Waals surface area contributed by atoms with E-state index in [1.807, 2.05) is 36.4 Å². The summed E-state index contributed by atoms with van der Waals surface area (Å²) in [5, 5.41) is 3.15. The molecule has 0 spiro atoms. The molecule has 0 saturated carbocycles. The first kappa shape index (κ1) is 7.73. The first-order valence-electron chi connectivity index (χ1n) is 4.03. The van der Waals surface area contributed by atoms with E-state index in [9.17, 15) is 0 Å². The highest BCUT2D eigenvalue weighted by Gasteiger charge is 1.91. The summed E-state index contributed by atoms with van der Waals surface area (Å²) in [6.07, 6.45) is 3.23. The van der Waals surface area contributed by atoms with Crippen molar-refractivity contribution in [3.63, 3.8) is 0 Å². The Bertz CT molecular complexity index is 321. The Morgan fingerprint density at radius 2 is 1.85 bits per heavy atom. The molecule has 3 nitrogen and oxygen atoms in total. The Morgan fingerprint density at radius 3 is 2.54 bits per heavy atom. The normalized spacial score (nSPS) is 9.54. The molecule has 3 heteroatoms. The predicted molar refractivity (Wildman–Crippen MR) is 51.8 cm³/mol. The zero-order chi connectivity index (χ0) is 8.93. The third-order valence-electron chi connectivity index (χ3n) is 1.63. The number of anilines is 2. The van der Waals surface area contributed by atoms with Gasteiger partial charge in [-0.25, -0.2) is 9.97 Å². The highest BCUT2D eigenvalue weighted by molar-refractivity contribution is 5.54. The maximum Gasteiger partial charge on any atom is 0.133 e. The molecule has 1 aromatic heterocycles. The fourth-order valence-electron chi connectivity index (χ4n) is 1.03. The molecule has 2 aromatic rings. The standard InChI is InChI=1S/C10H9N3/c1-2-4-9(5-3-1)13-10-6-7-11-8-12-10/h1-8H,(H,11,12,13). The maximum absolute atomic E-state index is 4.05. The minimum absolute atomic E-state index is 0.807. The van der Waals surface area contributed by atoms with Crippen molar-refractivity contribution in [1.82, 2.24) is 9.97 Å². The second kappa shape index (κ2) is 3.67. The molecular formula is C10H9N3. The monoisotopic (exact) mass is 171 g/mol. The highest BCUT2D eigenvalue weighted by atomic mass is 15.0. The van der Waals surface area contributed by atoms with Gasteiger partial charge in [0.2, 0.25) is 0 Å². The zero-order valence-corrected chi connectivity index (χ0v) is 7.01. The van der Waals surface area contributed by atoms with Crippen LogP contribution in [0.1, 0.15) is 0 Å². The van der Waals surface area contributed by atoms with Crippen molar-refractivity contribution in [2.24, 2.45) is 0 Å². The summed E-state index contributed by atoms with van der Waals surface area (Å²) < 4.78 is 0. The van der Waals surface area contributed by atoms with Gasteiger partial charge in [0, 0.05) is 11.9 Å². The summed E-state index contributed by atoms with van der Waals surface area (Å²) in [5.41, 5.74) is 1.03. The minimum atomic E-state index is 0.807. The largest absolute Gasteiger partial charge is 0.340 e. The molecule has 0 unspecified atom stereocenters. The van der Waals surface area contributed by atoms with Gasteiger partial charge >= 0.3 is 0 Å². The van der Waals surface area contributed by atoms with Crippen molar-refractivity contribution in [2.45, 2.75) is 0 Å². The number of rotatable bonds is 2. The molecule has 1 heterocycles. The molecule has 2 rings (SSSR count). The van der Waals surface area contributed by atoms with Crippen LogP contribution in [0.25, 0.3) is 0 Å². The lowest BCUT2D eigenvalue weighted by atomic mass is 10.3. The predicted octanol–water partition coefficient (Wildman–Crippen LogP) is 2.22. The molecule has 0 aliphatic rings. The molecule has 0 aliphatic heterocycles. The number of hydrogen-bond donors (Lipinski definition) is 1. The fourth-order valence-corrected chi connectivity index (χ4v) is 1.03. The van der Waals surface area contributed by atoms with Crippen molar-refractivity contribution in [1.29, 1.82) is 0 Å². The van der Waals surface area contributed by atoms with Crippen molar-refractivity contribution >= 4 is 11.5 Å². The lowest BCUT2D eigenvalue weighted by Crippen LogP contribution is -1.92. The summed E-state index contributed by atoms with van der Waals surface area (Å²) in [4.78, 5) is 7.89. The fraction of sp³-hybridized carbons (Fsp3) is 0. The van der Waals surface area contributed by atoms with Crippen LogP contribution in [-0.4, -0.2) is 9.97 Å². The number of hydrogen-bond acceptors (Lipinski definition) is 3. The summed E-state index contributed by atoms with van der Waals surface area (Å²) in [6, 6.07) is 11.7. The van der Waals surface area contributed by atoms with Gasteiger partial charge in [-0.1, -0.05) is 18.2 Å². The van der Waals surface area contributed by atoms with Gasteiger partial charge in [-0.15, -0.1) is 0 Å². The van der Waals surface area contributed by atoms with Crippen LogP contribution < -0.4 is 5.32 Å². The lowest BCUT2D eigenvalue weighted by molar-refractivity contribution is 1.17. The van der Waals surface area contributed by atoms with Crippen molar-refractivity contribution in [3.05, 3.63) is 48.9 Å². The van der Waals surface area contributed by atoms with Crippen LogP contribution in [-0.2, 0) is 0 Å². The molecular weight excluding hydrogens is 162 g/mol. The SMILES string of the molecule is c1ccc(Nc2ccncn2)cc1. The summed E-state index contributed by atoms with van der Waals surface area (Å²) in [5.74, 6) is 0.807. The van der Waals surface area contributed by atoms with E-state index in [-0.39, 0.29) is 0 Å². The average molecular weight is 171 g/mol. The first-order chi connectivity index (χ1) is 6.45. The van der Waals surface area contributed by atoms with Gasteiger partial charge in [0.05, 0.1) is 0 Å². The quantitative estimate of drug-likeness (QED) is 0.752. The molecule has 0 saturated heterocycles. The van der Waals surface area contributed by atoms with Crippen LogP contribution in [0, 0.1) is 0 Å². The second-order valence-electron chi connectivity index (χ2n) is 2.59. The number of benzene rings is 1. The van der Waals surface area contributed by atoms with Crippen LogP contribution in [0.15, 0.2) is 48.9 Å². The summed E-state index contributed by atoms with van der Waals surface area (Å²) in [6.45, 7) is 0. The Balaban J connectivity index is 2.16.